The number of hydrogen-bond acceptors (Lipinski definition) is 2. The van der Waals surface area contributed by atoms with E-state index in [1.807, 2.05) is 6.08 Å². The van der Waals surface area contributed by atoms with Gasteiger partial charge in [-0.25, -0.2) is 0 Å². The lowest BCUT2D eigenvalue weighted by molar-refractivity contribution is -0.121. The van der Waals surface area contributed by atoms with Crippen molar-refractivity contribution in [1.29, 1.82) is 0 Å². The van der Waals surface area contributed by atoms with Gasteiger partial charge in [0.1, 0.15) is 0 Å². The summed E-state index contributed by atoms with van der Waals surface area (Å²) >= 11 is 0. The van der Waals surface area contributed by atoms with Crippen LogP contribution < -0.4 is 11.5 Å². The Bertz CT molecular complexity index is 357. The van der Waals surface area contributed by atoms with E-state index >= 15 is 0 Å². The predicted octanol–water partition coefficient (Wildman–Crippen LogP) is -0.541. The zero-order valence-electron chi connectivity index (χ0n) is 6.99. The Balaban J connectivity index is 2.36. The molecule has 0 aromatic heterocycles. The highest BCUT2D eigenvalue weighted by atomic mass is 16.2. The van der Waals surface area contributed by atoms with Gasteiger partial charge in [0.25, 0.3) is 0 Å². The van der Waals surface area contributed by atoms with E-state index in [1.54, 1.807) is 12.2 Å². The number of primary amides is 2. The van der Waals surface area contributed by atoms with Crippen molar-refractivity contribution >= 4 is 11.8 Å². The molecule has 0 heterocycles. The molecule has 0 aromatic carbocycles. The highest BCUT2D eigenvalue weighted by molar-refractivity contribution is 5.98. The summed E-state index contributed by atoms with van der Waals surface area (Å²) in [7, 11) is 0. The van der Waals surface area contributed by atoms with Crippen LogP contribution in [0.1, 0.15) is 6.42 Å². The molecule has 0 aliphatic heterocycles. The van der Waals surface area contributed by atoms with Crippen LogP contribution in [0.3, 0.4) is 0 Å². The lowest BCUT2D eigenvalue weighted by atomic mass is 9.94. The summed E-state index contributed by atoms with van der Waals surface area (Å²) < 4.78 is 0. The van der Waals surface area contributed by atoms with Crippen LogP contribution in [0.15, 0.2) is 23.8 Å². The fourth-order valence-corrected chi connectivity index (χ4v) is 1.76. The first kappa shape index (κ1) is 8.04. The summed E-state index contributed by atoms with van der Waals surface area (Å²) in [5.41, 5.74) is 10.1. The fraction of sp³-hybridized carbons (Fsp3) is 0.333. The second-order valence-corrected chi connectivity index (χ2v) is 3.54. The third-order valence-corrected chi connectivity index (χ3v) is 2.72. The SMILES string of the molecule is NC(=O)C1=CC2(C(N)=O)CC2C=C1. The van der Waals surface area contributed by atoms with Crippen molar-refractivity contribution in [2.24, 2.45) is 22.8 Å². The summed E-state index contributed by atoms with van der Waals surface area (Å²) in [5.74, 6) is -0.712. The average Bonchev–Trinajstić information content (AvgIpc) is 2.77. The first-order valence-electron chi connectivity index (χ1n) is 4.07. The molecule has 2 amide bonds. The Morgan fingerprint density at radius 2 is 2.15 bits per heavy atom. The van der Waals surface area contributed by atoms with Gasteiger partial charge in [-0.3, -0.25) is 9.59 Å². The molecule has 13 heavy (non-hydrogen) atoms. The molecule has 0 aromatic rings. The highest BCUT2D eigenvalue weighted by Gasteiger charge is 2.57. The maximum atomic E-state index is 11.1. The highest BCUT2D eigenvalue weighted by Crippen LogP contribution is 2.56. The monoisotopic (exact) mass is 178 g/mol. The molecule has 4 N–H and O–H groups in total. The molecule has 0 saturated heterocycles. The van der Waals surface area contributed by atoms with Crippen molar-refractivity contribution in [3.05, 3.63) is 23.8 Å². The zero-order chi connectivity index (χ0) is 9.64. The van der Waals surface area contributed by atoms with E-state index in [9.17, 15) is 9.59 Å². The van der Waals surface area contributed by atoms with Gasteiger partial charge in [0.2, 0.25) is 11.8 Å². The molecule has 0 spiro atoms. The number of nitrogens with two attached hydrogens (primary N) is 2. The van der Waals surface area contributed by atoms with Gasteiger partial charge >= 0.3 is 0 Å². The third-order valence-electron chi connectivity index (χ3n) is 2.72. The van der Waals surface area contributed by atoms with Gasteiger partial charge < -0.3 is 11.5 Å². The molecule has 0 radical (unpaired) electrons. The molecular formula is C9H10N2O2. The molecule has 4 heteroatoms. The molecule has 2 aliphatic rings. The first-order valence-corrected chi connectivity index (χ1v) is 4.07. The van der Waals surface area contributed by atoms with Gasteiger partial charge in [0.05, 0.1) is 5.41 Å². The largest absolute Gasteiger partial charge is 0.369 e. The number of carbonyl (C=O) groups is 2. The van der Waals surface area contributed by atoms with E-state index in [2.05, 4.69) is 0 Å². The van der Waals surface area contributed by atoms with Crippen molar-refractivity contribution in [1.82, 2.24) is 0 Å². The molecule has 4 nitrogen and oxygen atoms in total. The lowest BCUT2D eigenvalue weighted by Crippen LogP contribution is -2.27. The van der Waals surface area contributed by atoms with E-state index in [1.165, 1.54) is 0 Å². The number of fused-ring (bicyclic) bond motifs is 1. The van der Waals surface area contributed by atoms with E-state index in [0.717, 1.165) is 0 Å². The molecule has 68 valence electrons. The Kier molecular flexibility index (Phi) is 1.37. The summed E-state index contributed by atoms with van der Waals surface area (Å²) in [4.78, 5) is 21.9. The number of amides is 2. The van der Waals surface area contributed by atoms with Crippen LogP contribution in [0, 0.1) is 11.3 Å². The predicted molar refractivity (Wildman–Crippen MR) is 46.2 cm³/mol. The molecule has 2 unspecified atom stereocenters. The summed E-state index contributed by atoms with van der Waals surface area (Å²) in [5, 5.41) is 0. The second kappa shape index (κ2) is 2.22. The third kappa shape index (κ3) is 0.983. The minimum absolute atomic E-state index is 0.174. The van der Waals surface area contributed by atoms with Gasteiger partial charge in [-0.1, -0.05) is 18.2 Å². The quantitative estimate of drug-likeness (QED) is 0.595. The van der Waals surface area contributed by atoms with Crippen molar-refractivity contribution in [2.45, 2.75) is 6.42 Å². The number of rotatable bonds is 2. The van der Waals surface area contributed by atoms with E-state index in [0.29, 0.717) is 12.0 Å². The lowest BCUT2D eigenvalue weighted by Gasteiger charge is -2.11. The standard InChI is InChI=1S/C9H10N2O2/c10-7(12)5-1-2-6-4-9(6,3-5)8(11)13/h1-3,6H,4H2,(H2,10,12)(H2,11,13). The Morgan fingerprint density at radius 1 is 1.46 bits per heavy atom. The molecule has 2 rings (SSSR count). The van der Waals surface area contributed by atoms with Gasteiger partial charge in [0, 0.05) is 5.57 Å². The van der Waals surface area contributed by atoms with Crippen molar-refractivity contribution in [2.75, 3.05) is 0 Å². The molecule has 2 aliphatic carbocycles. The van der Waals surface area contributed by atoms with E-state index in [4.69, 9.17) is 11.5 Å². The minimum atomic E-state index is -0.612. The fourth-order valence-electron chi connectivity index (χ4n) is 1.76. The van der Waals surface area contributed by atoms with Gasteiger partial charge in [-0.05, 0) is 12.3 Å². The Hall–Kier alpha value is -1.58. The first-order chi connectivity index (χ1) is 6.06. The summed E-state index contributed by atoms with van der Waals surface area (Å²) in [6.45, 7) is 0. The molecular weight excluding hydrogens is 168 g/mol. The normalized spacial score (nSPS) is 34.8. The Labute approximate surface area is 75.3 Å². The van der Waals surface area contributed by atoms with Crippen LogP contribution in [0.2, 0.25) is 0 Å². The minimum Gasteiger partial charge on any atom is -0.369 e. The number of allylic oxidation sites excluding steroid dienone is 1. The van der Waals surface area contributed by atoms with Crippen molar-refractivity contribution in [3.8, 4) is 0 Å². The topological polar surface area (TPSA) is 86.2 Å². The molecule has 1 saturated carbocycles. The van der Waals surface area contributed by atoms with Crippen molar-refractivity contribution < 1.29 is 9.59 Å². The van der Waals surface area contributed by atoms with Crippen molar-refractivity contribution in [3.63, 3.8) is 0 Å². The second-order valence-electron chi connectivity index (χ2n) is 3.54. The average molecular weight is 178 g/mol. The van der Waals surface area contributed by atoms with E-state index in [-0.39, 0.29) is 11.8 Å². The van der Waals surface area contributed by atoms with Gasteiger partial charge in [-0.2, -0.15) is 0 Å². The summed E-state index contributed by atoms with van der Waals surface area (Å²) in [6.07, 6.45) is 5.78. The van der Waals surface area contributed by atoms with Crippen LogP contribution in [-0.2, 0) is 9.59 Å². The maximum Gasteiger partial charge on any atom is 0.248 e. The van der Waals surface area contributed by atoms with Gasteiger partial charge in [-0.15, -0.1) is 0 Å². The summed E-state index contributed by atoms with van der Waals surface area (Å²) in [6, 6.07) is 0. The zero-order valence-corrected chi connectivity index (χ0v) is 6.99. The van der Waals surface area contributed by atoms with Gasteiger partial charge in [0.15, 0.2) is 0 Å². The van der Waals surface area contributed by atoms with Crippen LogP contribution in [0.4, 0.5) is 0 Å². The van der Waals surface area contributed by atoms with Crippen LogP contribution in [-0.4, -0.2) is 11.8 Å². The number of carbonyl (C=O) groups excluding carboxylic acids is 2. The molecule has 1 fully saturated rings. The Morgan fingerprint density at radius 3 is 2.69 bits per heavy atom. The smallest absolute Gasteiger partial charge is 0.248 e. The van der Waals surface area contributed by atoms with Crippen LogP contribution in [0.25, 0.3) is 0 Å². The van der Waals surface area contributed by atoms with Crippen LogP contribution >= 0.6 is 0 Å². The number of hydrogen-bond donors (Lipinski definition) is 2. The maximum absolute atomic E-state index is 11.1. The van der Waals surface area contributed by atoms with E-state index < -0.39 is 11.3 Å². The molecule has 0 bridgehead atoms. The van der Waals surface area contributed by atoms with Crippen LogP contribution in [0.5, 0.6) is 0 Å². The molecule has 2 atom stereocenters.